The van der Waals surface area contributed by atoms with Crippen LogP contribution in [-0.2, 0) is 19.3 Å². The minimum atomic E-state index is -0.766. The molecule has 1 atom stereocenters. The van der Waals surface area contributed by atoms with Gasteiger partial charge in [0.25, 0.3) is 0 Å². The molecule has 1 aromatic carbocycles. The zero-order valence-corrected chi connectivity index (χ0v) is 14.2. The van der Waals surface area contributed by atoms with E-state index in [4.69, 9.17) is 0 Å². The van der Waals surface area contributed by atoms with E-state index in [1.165, 1.54) is 37.5 Å². The summed E-state index contributed by atoms with van der Waals surface area (Å²) >= 11 is 1.29. The van der Waals surface area contributed by atoms with E-state index in [-0.39, 0.29) is 17.7 Å². The minimum Gasteiger partial charge on any atom is -0.326 e. The van der Waals surface area contributed by atoms with E-state index in [9.17, 15) is 14.4 Å². The first kappa shape index (κ1) is 17.0. The molecule has 0 aliphatic carbocycles. The number of carbonyl (C=O) groups is 3. The van der Waals surface area contributed by atoms with Gasteiger partial charge in [-0.05, 0) is 24.6 Å². The molecule has 0 bridgehead atoms. The van der Waals surface area contributed by atoms with E-state index in [1.54, 1.807) is 12.1 Å². The van der Waals surface area contributed by atoms with Crippen LogP contribution in [0.4, 0.5) is 5.69 Å². The molecule has 0 aromatic heterocycles. The second kappa shape index (κ2) is 6.41. The van der Waals surface area contributed by atoms with Crippen molar-refractivity contribution in [2.45, 2.75) is 32.6 Å². The Morgan fingerprint density at radius 2 is 1.61 bits per heavy atom. The maximum Gasteiger partial charge on any atom is 0.241 e. The van der Waals surface area contributed by atoms with Crippen molar-refractivity contribution in [1.82, 2.24) is 10.3 Å². The fraction of sp³-hybridized carbons (Fsp3) is 0.333. The van der Waals surface area contributed by atoms with Gasteiger partial charge in [-0.15, -0.1) is 5.10 Å². The zero-order valence-electron chi connectivity index (χ0n) is 13.3. The molecule has 2 rings (SSSR count). The van der Waals surface area contributed by atoms with Crippen molar-refractivity contribution in [2.75, 3.05) is 5.32 Å². The van der Waals surface area contributed by atoms with E-state index in [1.807, 2.05) is 19.1 Å². The van der Waals surface area contributed by atoms with E-state index < -0.39 is 4.87 Å². The van der Waals surface area contributed by atoms with Crippen molar-refractivity contribution in [3.05, 3.63) is 29.8 Å². The Bertz CT molecular complexity index is 686. The number of amides is 3. The van der Waals surface area contributed by atoms with Crippen LogP contribution in [-0.4, -0.2) is 27.9 Å². The molecule has 1 aliphatic rings. The highest BCUT2D eigenvalue weighted by atomic mass is 32.2. The minimum absolute atomic E-state index is 0.152. The second-order valence-electron chi connectivity index (χ2n) is 5.26. The van der Waals surface area contributed by atoms with Crippen LogP contribution in [0.1, 0.15) is 33.3 Å². The van der Waals surface area contributed by atoms with Crippen LogP contribution in [0.5, 0.6) is 0 Å². The standard InChI is InChI=1S/C15H18N4O3S/c1-9(20)16-13-7-5-12(6-8-13)15(4)19(11(3)22)18-14(23-15)17-10(2)21/h5-8H,1-4H3,(H,16,20)(H,17,18,21). The number of hydrogen-bond acceptors (Lipinski definition) is 5. The van der Waals surface area contributed by atoms with Crippen molar-refractivity contribution >= 4 is 40.3 Å². The summed E-state index contributed by atoms with van der Waals surface area (Å²) < 4.78 is 0. The summed E-state index contributed by atoms with van der Waals surface area (Å²) in [6, 6.07) is 7.16. The summed E-state index contributed by atoms with van der Waals surface area (Å²) in [6.45, 7) is 6.10. The van der Waals surface area contributed by atoms with Gasteiger partial charge in [-0.3, -0.25) is 14.4 Å². The predicted octanol–water partition coefficient (Wildman–Crippen LogP) is 1.82. The molecule has 1 aliphatic heterocycles. The summed E-state index contributed by atoms with van der Waals surface area (Å²) in [7, 11) is 0. The highest BCUT2D eigenvalue weighted by molar-refractivity contribution is 8.14. The summed E-state index contributed by atoms with van der Waals surface area (Å²) in [4.78, 5) is 33.4. The summed E-state index contributed by atoms with van der Waals surface area (Å²) in [5, 5.41) is 11.2. The Balaban J connectivity index is 2.30. The number of rotatable bonds is 2. The number of benzene rings is 1. The zero-order chi connectivity index (χ0) is 17.2. The maximum absolute atomic E-state index is 11.9. The normalized spacial score (nSPS) is 20.0. The molecule has 1 aromatic rings. The predicted molar refractivity (Wildman–Crippen MR) is 89.5 cm³/mol. The second-order valence-corrected chi connectivity index (χ2v) is 6.65. The summed E-state index contributed by atoms with van der Waals surface area (Å²) in [5.74, 6) is -0.628. The van der Waals surface area contributed by atoms with Gasteiger partial charge in [0.15, 0.2) is 5.17 Å². The first-order valence-corrected chi connectivity index (χ1v) is 7.78. The number of thioether (sulfide) groups is 1. The molecule has 23 heavy (non-hydrogen) atoms. The van der Waals surface area contributed by atoms with Gasteiger partial charge in [-0.25, -0.2) is 5.01 Å². The van der Waals surface area contributed by atoms with E-state index in [0.29, 0.717) is 10.9 Å². The molecule has 3 amide bonds. The molecule has 7 nitrogen and oxygen atoms in total. The third-order valence-corrected chi connectivity index (χ3v) is 4.40. The monoisotopic (exact) mass is 334 g/mol. The number of anilines is 1. The third kappa shape index (κ3) is 3.70. The molecular weight excluding hydrogens is 316 g/mol. The van der Waals surface area contributed by atoms with Crippen LogP contribution in [0.15, 0.2) is 29.4 Å². The summed E-state index contributed by atoms with van der Waals surface area (Å²) in [6.07, 6.45) is 0. The van der Waals surface area contributed by atoms with Crippen molar-refractivity contribution in [1.29, 1.82) is 0 Å². The van der Waals surface area contributed by atoms with Crippen molar-refractivity contribution < 1.29 is 14.4 Å². The highest BCUT2D eigenvalue weighted by Gasteiger charge is 2.43. The molecule has 0 spiro atoms. The van der Waals surface area contributed by atoms with Crippen LogP contribution >= 0.6 is 11.8 Å². The number of carbonyl (C=O) groups excluding carboxylic acids is 3. The first-order chi connectivity index (χ1) is 10.7. The van der Waals surface area contributed by atoms with Gasteiger partial charge < -0.3 is 10.6 Å². The lowest BCUT2D eigenvalue weighted by Crippen LogP contribution is -2.37. The van der Waals surface area contributed by atoms with E-state index in [0.717, 1.165) is 5.56 Å². The van der Waals surface area contributed by atoms with Crippen LogP contribution in [0.3, 0.4) is 0 Å². The Hall–Kier alpha value is -2.35. The smallest absolute Gasteiger partial charge is 0.241 e. The molecule has 122 valence electrons. The molecule has 1 unspecified atom stereocenters. The number of hydrogen-bond donors (Lipinski definition) is 2. The number of nitrogens with zero attached hydrogens (tertiary/aromatic N) is 2. The average Bonchev–Trinajstić information content (AvgIpc) is 2.76. The van der Waals surface area contributed by atoms with Gasteiger partial charge in [0, 0.05) is 26.5 Å². The lowest BCUT2D eigenvalue weighted by atomic mass is 10.1. The van der Waals surface area contributed by atoms with Crippen molar-refractivity contribution in [2.24, 2.45) is 5.10 Å². The van der Waals surface area contributed by atoms with E-state index in [2.05, 4.69) is 15.7 Å². The fourth-order valence-corrected chi connectivity index (χ4v) is 3.46. The van der Waals surface area contributed by atoms with Gasteiger partial charge >= 0.3 is 0 Å². The van der Waals surface area contributed by atoms with Crippen molar-refractivity contribution in [3.63, 3.8) is 0 Å². The number of nitrogens with one attached hydrogen (secondary N) is 2. The molecule has 1 heterocycles. The molecule has 0 saturated carbocycles. The third-order valence-electron chi connectivity index (χ3n) is 3.21. The Labute approximate surface area is 138 Å². The molecule has 2 N–H and O–H groups in total. The van der Waals surface area contributed by atoms with Crippen LogP contribution in [0.25, 0.3) is 0 Å². The Kier molecular flexibility index (Phi) is 4.74. The molecule has 0 saturated heterocycles. The molecule has 0 fully saturated rings. The Morgan fingerprint density at radius 3 is 2.09 bits per heavy atom. The average molecular weight is 334 g/mol. The van der Waals surface area contributed by atoms with Gasteiger partial charge in [0.1, 0.15) is 4.87 Å². The van der Waals surface area contributed by atoms with Crippen LogP contribution < -0.4 is 10.6 Å². The van der Waals surface area contributed by atoms with Crippen molar-refractivity contribution in [3.8, 4) is 0 Å². The van der Waals surface area contributed by atoms with Gasteiger partial charge in [0.2, 0.25) is 17.7 Å². The van der Waals surface area contributed by atoms with E-state index >= 15 is 0 Å². The molecule has 0 radical (unpaired) electrons. The number of hydrazone groups is 1. The highest BCUT2D eigenvalue weighted by Crippen LogP contribution is 2.45. The first-order valence-electron chi connectivity index (χ1n) is 6.96. The Morgan fingerprint density at radius 1 is 1.04 bits per heavy atom. The summed E-state index contributed by atoms with van der Waals surface area (Å²) in [5.41, 5.74) is 1.50. The fourth-order valence-electron chi connectivity index (χ4n) is 2.26. The van der Waals surface area contributed by atoms with Crippen LogP contribution in [0, 0.1) is 0 Å². The molecule has 8 heteroatoms. The SMILES string of the molecule is CC(=O)NC1=NN(C(C)=O)C(C)(c2ccc(NC(C)=O)cc2)S1. The number of amidine groups is 1. The maximum atomic E-state index is 11.9. The largest absolute Gasteiger partial charge is 0.326 e. The van der Waals surface area contributed by atoms with Gasteiger partial charge in [-0.2, -0.15) is 0 Å². The van der Waals surface area contributed by atoms with Gasteiger partial charge in [-0.1, -0.05) is 23.9 Å². The lowest BCUT2D eigenvalue weighted by molar-refractivity contribution is -0.131. The van der Waals surface area contributed by atoms with Gasteiger partial charge in [0.05, 0.1) is 0 Å². The topological polar surface area (TPSA) is 90.9 Å². The van der Waals surface area contributed by atoms with Crippen LogP contribution in [0.2, 0.25) is 0 Å². The molecular formula is C15H18N4O3S. The lowest BCUT2D eigenvalue weighted by Gasteiger charge is -2.31. The quantitative estimate of drug-likeness (QED) is 0.863.